The molecule has 0 fully saturated rings. The molecule has 0 radical (unpaired) electrons. The third-order valence-electron chi connectivity index (χ3n) is 3.25. The number of hydrogen-bond acceptors (Lipinski definition) is 3. The van der Waals surface area contributed by atoms with Gasteiger partial charge in [0.05, 0.1) is 29.5 Å². The molecule has 0 spiro atoms. The van der Waals surface area contributed by atoms with Gasteiger partial charge in [0.25, 0.3) is 0 Å². The van der Waals surface area contributed by atoms with Gasteiger partial charge in [0.1, 0.15) is 5.75 Å². The Morgan fingerprint density at radius 1 is 1.43 bits per heavy atom. The Morgan fingerprint density at radius 3 is 2.62 bits per heavy atom. The molecule has 0 amide bonds. The van der Waals surface area contributed by atoms with E-state index in [0.29, 0.717) is 27.4 Å². The van der Waals surface area contributed by atoms with E-state index in [4.69, 9.17) is 21.4 Å². The van der Waals surface area contributed by atoms with Gasteiger partial charge in [0.2, 0.25) is 0 Å². The fourth-order valence-corrected chi connectivity index (χ4v) is 2.75. The van der Waals surface area contributed by atoms with E-state index in [9.17, 15) is 9.59 Å². The van der Waals surface area contributed by atoms with Crippen LogP contribution in [0.25, 0.3) is 10.9 Å². The van der Waals surface area contributed by atoms with Crippen molar-refractivity contribution in [2.75, 3.05) is 7.11 Å². The molecule has 2 rings (SSSR count). The van der Waals surface area contributed by atoms with Crippen molar-refractivity contribution in [1.29, 1.82) is 0 Å². The van der Waals surface area contributed by atoms with Crippen LogP contribution in [0, 0.1) is 0 Å². The topological polar surface area (TPSA) is 68.5 Å². The Bertz CT molecular complexity index is 764. The third kappa shape index (κ3) is 2.74. The van der Waals surface area contributed by atoms with Gasteiger partial charge in [-0.05, 0) is 26.0 Å². The molecule has 1 aromatic carbocycles. The number of halogens is 1. The maximum Gasteiger partial charge on any atom is 0.309 e. The van der Waals surface area contributed by atoms with Crippen LogP contribution in [-0.2, 0) is 11.2 Å². The summed E-state index contributed by atoms with van der Waals surface area (Å²) in [4.78, 5) is 23.3. The molecule has 0 saturated heterocycles. The van der Waals surface area contributed by atoms with Crippen molar-refractivity contribution in [3.8, 4) is 5.75 Å². The van der Waals surface area contributed by atoms with Gasteiger partial charge in [0, 0.05) is 17.8 Å². The van der Waals surface area contributed by atoms with Crippen LogP contribution in [0.15, 0.2) is 23.0 Å². The van der Waals surface area contributed by atoms with Gasteiger partial charge in [-0.15, -0.1) is 0 Å². The first kappa shape index (κ1) is 15.4. The minimum absolute atomic E-state index is 0.0465. The zero-order chi connectivity index (χ0) is 15.7. The van der Waals surface area contributed by atoms with E-state index in [1.165, 1.54) is 13.2 Å². The zero-order valence-corrected chi connectivity index (χ0v) is 12.8. The summed E-state index contributed by atoms with van der Waals surface area (Å²) >= 11 is 6.14. The Kier molecular flexibility index (Phi) is 4.23. The summed E-state index contributed by atoms with van der Waals surface area (Å²) in [6, 6.07) is 4.57. The van der Waals surface area contributed by atoms with Crippen molar-refractivity contribution in [1.82, 2.24) is 4.57 Å². The maximum absolute atomic E-state index is 12.3. The Labute approximate surface area is 126 Å². The zero-order valence-electron chi connectivity index (χ0n) is 12.0. The monoisotopic (exact) mass is 309 g/mol. The highest BCUT2D eigenvalue weighted by atomic mass is 35.5. The minimum atomic E-state index is -0.996. The van der Waals surface area contributed by atoms with Crippen molar-refractivity contribution < 1.29 is 14.6 Å². The molecule has 0 aliphatic carbocycles. The molecule has 1 N–H and O–H groups in total. The number of carboxylic acid groups (broad SMARTS) is 1. The van der Waals surface area contributed by atoms with Crippen molar-refractivity contribution >= 4 is 28.5 Å². The minimum Gasteiger partial charge on any atom is -0.495 e. The first-order valence-electron chi connectivity index (χ1n) is 6.49. The number of nitrogens with zero attached hydrogens (tertiary/aromatic N) is 1. The predicted molar refractivity (Wildman–Crippen MR) is 81.5 cm³/mol. The van der Waals surface area contributed by atoms with Crippen LogP contribution in [0.5, 0.6) is 5.75 Å². The number of aliphatic carboxylic acids is 1. The van der Waals surface area contributed by atoms with Crippen molar-refractivity contribution in [3.05, 3.63) is 39.1 Å². The number of rotatable bonds is 4. The summed E-state index contributed by atoms with van der Waals surface area (Å²) < 4.78 is 7.11. The van der Waals surface area contributed by atoms with Crippen LogP contribution in [0.4, 0.5) is 0 Å². The number of aromatic nitrogens is 1. The maximum atomic E-state index is 12.3. The quantitative estimate of drug-likeness (QED) is 0.943. The largest absolute Gasteiger partial charge is 0.495 e. The van der Waals surface area contributed by atoms with E-state index < -0.39 is 5.97 Å². The average molecular weight is 310 g/mol. The van der Waals surface area contributed by atoms with Crippen LogP contribution < -0.4 is 10.2 Å². The summed E-state index contributed by atoms with van der Waals surface area (Å²) in [6.45, 7) is 3.82. The molecule has 0 aliphatic rings. The molecule has 6 heteroatoms. The molecule has 0 unspecified atom stereocenters. The lowest BCUT2D eigenvalue weighted by Gasteiger charge is -2.21. The molecule has 0 aliphatic heterocycles. The van der Waals surface area contributed by atoms with Gasteiger partial charge in [-0.25, -0.2) is 0 Å². The van der Waals surface area contributed by atoms with Gasteiger partial charge < -0.3 is 14.4 Å². The number of carboxylic acids is 1. The molecule has 0 bridgehead atoms. The van der Waals surface area contributed by atoms with Crippen LogP contribution in [0.1, 0.15) is 25.6 Å². The molecule has 1 aromatic heterocycles. The first-order valence-corrected chi connectivity index (χ1v) is 6.87. The number of fused-ring (bicyclic) bond motifs is 1. The second-order valence-electron chi connectivity index (χ2n) is 5.01. The van der Waals surface area contributed by atoms with Crippen LogP contribution in [0.2, 0.25) is 5.02 Å². The Morgan fingerprint density at radius 2 is 2.10 bits per heavy atom. The van der Waals surface area contributed by atoms with Gasteiger partial charge in [-0.2, -0.15) is 0 Å². The van der Waals surface area contributed by atoms with Crippen LogP contribution in [-0.4, -0.2) is 22.8 Å². The van der Waals surface area contributed by atoms with E-state index in [2.05, 4.69) is 0 Å². The smallest absolute Gasteiger partial charge is 0.309 e. The summed E-state index contributed by atoms with van der Waals surface area (Å²) in [5.41, 5.74) is 0.654. The summed E-state index contributed by atoms with van der Waals surface area (Å²) in [7, 11) is 1.50. The highest BCUT2D eigenvalue weighted by molar-refractivity contribution is 6.35. The fourth-order valence-electron chi connectivity index (χ4n) is 2.50. The second kappa shape index (κ2) is 5.77. The molecule has 0 atom stereocenters. The van der Waals surface area contributed by atoms with Crippen molar-refractivity contribution in [3.63, 3.8) is 0 Å². The highest BCUT2D eigenvalue weighted by Crippen LogP contribution is 2.32. The molecule has 112 valence electrons. The van der Waals surface area contributed by atoms with Crippen LogP contribution >= 0.6 is 11.6 Å². The highest BCUT2D eigenvalue weighted by Gasteiger charge is 2.19. The SMILES string of the molecule is COc1ccc(Cl)c2c(=O)cc(CC(=O)O)n(C(C)C)c12. The summed E-state index contributed by atoms with van der Waals surface area (Å²) in [6.07, 6.45) is -0.237. The first-order chi connectivity index (χ1) is 9.86. The molecule has 0 saturated carbocycles. The predicted octanol–water partition coefficient (Wildman–Crippen LogP) is 2.87. The van der Waals surface area contributed by atoms with E-state index >= 15 is 0 Å². The third-order valence-corrected chi connectivity index (χ3v) is 3.57. The molecule has 2 aromatic rings. The average Bonchev–Trinajstić information content (AvgIpc) is 2.37. The molecule has 5 nitrogen and oxygen atoms in total. The van der Waals surface area contributed by atoms with E-state index in [1.807, 2.05) is 13.8 Å². The Balaban J connectivity index is 2.99. The van der Waals surface area contributed by atoms with Crippen molar-refractivity contribution in [2.45, 2.75) is 26.3 Å². The Hall–Kier alpha value is -2.01. The molecule has 21 heavy (non-hydrogen) atoms. The normalized spacial score (nSPS) is 11.1. The number of pyridine rings is 1. The van der Waals surface area contributed by atoms with Gasteiger partial charge in [0.15, 0.2) is 5.43 Å². The lowest BCUT2D eigenvalue weighted by atomic mass is 10.1. The fraction of sp³-hybridized carbons (Fsp3) is 0.333. The van der Waals surface area contributed by atoms with Gasteiger partial charge in [-0.1, -0.05) is 11.6 Å². The lowest BCUT2D eigenvalue weighted by Crippen LogP contribution is -2.19. The molecular formula is C15H16ClNO4. The number of benzene rings is 1. The number of ether oxygens (including phenoxy) is 1. The van der Waals surface area contributed by atoms with Crippen LogP contribution in [0.3, 0.4) is 0 Å². The summed E-state index contributed by atoms with van der Waals surface area (Å²) in [5, 5.41) is 9.72. The number of methoxy groups -OCH3 is 1. The molecule has 1 heterocycles. The van der Waals surface area contributed by atoms with E-state index in [0.717, 1.165) is 0 Å². The lowest BCUT2D eigenvalue weighted by molar-refractivity contribution is -0.136. The van der Waals surface area contributed by atoms with Gasteiger partial charge >= 0.3 is 5.97 Å². The van der Waals surface area contributed by atoms with Crippen molar-refractivity contribution in [2.24, 2.45) is 0 Å². The second-order valence-corrected chi connectivity index (χ2v) is 5.41. The standard InChI is InChI=1S/C15H16ClNO4/c1-8(2)17-9(7-13(19)20)6-11(18)14-10(16)4-5-12(21-3)15(14)17/h4-6,8H,7H2,1-3H3,(H,19,20). The van der Waals surface area contributed by atoms with E-state index in [1.54, 1.807) is 16.7 Å². The summed E-state index contributed by atoms with van der Waals surface area (Å²) in [5.74, 6) is -0.503. The number of carbonyl (C=O) groups is 1. The number of hydrogen-bond donors (Lipinski definition) is 1. The molecular weight excluding hydrogens is 294 g/mol. The van der Waals surface area contributed by atoms with E-state index in [-0.39, 0.29) is 17.9 Å². The van der Waals surface area contributed by atoms with Gasteiger partial charge in [-0.3, -0.25) is 9.59 Å².